The van der Waals surface area contributed by atoms with Gasteiger partial charge in [0.1, 0.15) is 5.75 Å². The molecule has 2 rings (SSSR count). The molecule has 1 aliphatic rings. The number of phenols is 1. The van der Waals surface area contributed by atoms with Gasteiger partial charge < -0.3 is 15.6 Å². The van der Waals surface area contributed by atoms with Crippen molar-refractivity contribution < 1.29 is 9.84 Å². The van der Waals surface area contributed by atoms with E-state index in [2.05, 4.69) is 13.8 Å². The Labute approximate surface area is 96.2 Å². The summed E-state index contributed by atoms with van der Waals surface area (Å²) >= 11 is 0. The van der Waals surface area contributed by atoms with Crippen molar-refractivity contribution in [3.8, 4) is 5.75 Å². The molecule has 0 heterocycles. The fraction of sp³-hybridized carbons (Fsp3) is 0.538. The molecule has 3 nitrogen and oxygen atoms in total. The van der Waals surface area contributed by atoms with Crippen LogP contribution in [0, 0.1) is 0 Å². The SMILES string of the molecule is CC1(C)c2cc(O)ccc2CCC1OCN. The molecule has 0 saturated carbocycles. The lowest BCUT2D eigenvalue weighted by Crippen LogP contribution is -2.41. The average Bonchev–Trinajstić information content (AvgIpc) is 2.24. The maximum absolute atomic E-state index is 9.57. The summed E-state index contributed by atoms with van der Waals surface area (Å²) in [5, 5.41) is 9.57. The normalized spacial score (nSPS) is 22.8. The van der Waals surface area contributed by atoms with E-state index in [-0.39, 0.29) is 18.2 Å². The molecule has 1 aliphatic carbocycles. The van der Waals surface area contributed by atoms with Crippen LogP contribution in [0.2, 0.25) is 0 Å². The number of phenolic OH excluding ortho intramolecular Hbond substituents is 1. The quantitative estimate of drug-likeness (QED) is 0.750. The summed E-state index contributed by atoms with van der Waals surface area (Å²) in [4.78, 5) is 0. The van der Waals surface area contributed by atoms with Gasteiger partial charge in [-0.05, 0) is 36.1 Å². The van der Waals surface area contributed by atoms with E-state index in [1.807, 2.05) is 12.1 Å². The zero-order valence-corrected chi connectivity index (χ0v) is 9.86. The Morgan fingerprint density at radius 2 is 2.25 bits per heavy atom. The van der Waals surface area contributed by atoms with Crippen molar-refractivity contribution in [1.82, 2.24) is 0 Å². The first-order valence-electron chi connectivity index (χ1n) is 5.69. The van der Waals surface area contributed by atoms with Gasteiger partial charge in [0.25, 0.3) is 0 Å². The highest BCUT2D eigenvalue weighted by molar-refractivity contribution is 5.42. The zero-order valence-electron chi connectivity index (χ0n) is 9.86. The fourth-order valence-corrected chi connectivity index (χ4v) is 2.61. The van der Waals surface area contributed by atoms with Crippen LogP contribution in [0.4, 0.5) is 0 Å². The molecule has 0 bridgehead atoms. The van der Waals surface area contributed by atoms with Crippen LogP contribution in [0.1, 0.15) is 31.4 Å². The number of aromatic hydroxyl groups is 1. The molecule has 0 radical (unpaired) electrons. The first-order valence-corrected chi connectivity index (χ1v) is 5.69. The molecule has 1 atom stereocenters. The van der Waals surface area contributed by atoms with Crippen LogP contribution >= 0.6 is 0 Å². The van der Waals surface area contributed by atoms with Crippen LogP contribution in [0.15, 0.2) is 18.2 Å². The number of nitrogens with two attached hydrogens (primary N) is 1. The Morgan fingerprint density at radius 1 is 1.50 bits per heavy atom. The highest BCUT2D eigenvalue weighted by atomic mass is 16.5. The second-order valence-electron chi connectivity index (χ2n) is 4.92. The van der Waals surface area contributed by atoms with E-state index in [4.69, 9.17) is 10.5 Å². The van der Waals surface area contributed by atoms with Crippen molar-refractivity contribution in [3.63, 3.8) is 0 Å². The second-order valence-corrected chi connectivity index (χ2v) is 4.92. The van der Waals surface area contributed by atoms with Gasteiger partial charge in [-0.25, -0.2) is 0 Å². The number of hydrogen-bond acceptors (Lipinski definition) is 3. The summed E-state index contributed by atoms with van der Waals surface area (Å²) in [5.74, 6) is 0.320. The Bertz CT molecular complexity index is 388. The molecule has 0 aliphatic heterocycles. The van der Waals surface area contributed by atoms with Crippen molar-refractivity contribution in [2.24, 2.45) is 5.73 Å². The number of benzene rings is 1. The predicted molar refractivity (Wildman–Crippen MR) is 63.4 cm³/mol. The number of rotatable bonds is 2. The molecule has 0 saturated heterocycles. The van der Waals surface area contributed by atoms with E-state index in [0.717, 1.165) is 12.8 Å². The molecule has 1 aromatic rings. The van der Waals surface area contributed by atoms with Gasteiger partial charge in [-0.3, -0.25) is 0 Å². The summed E-state index contributed by atoms with van der Waals surface area (Å²) < 4.78 is 5.59. The van der Waals surface area contributed by atoms with Gasteiger partial charge in [-0.1, -0.05) is 19.9 Å². The first-order chi connectivity index (χ1) is 7.55. The maximum Gasteiger partial charge on any atom is 0.115 e. The fourth-order valence-electron chi connectivity index (χ4n) is 2.61. The third-order valence-corrected chi connectivity index (χ3v) is 3.57. The van der Waals surface area contributed by atoms with Gasteiger partial charge in [0.2, 0.25) is 0 Å². The lowest BCUT2D eigenvalue weighted by atomic mass is 9.70. The summed E-state index contributed by atoms with van der Waals surface area (Å²) in [6.45, 7) is 4.54. The maximum atomic E-state index is 9.57. The van der Waals surface area contributed by atoms with Crippen LogP contribution in [0.25, 0.3) is 0 Å². The minimum atomic E-state index is -0.0916. The van der Waals surface area contributed by atoms with E-state index < -0.39 is 0 Å². The summed E-state index contributed by atoms with van der Waals surface area (Å²) in [6.07, 6.45) is 2.11. The van der Waals surface area contributed by atoms with E-state index >= 15 is 0 Å². The van der Waals surface area contributed by atoms with Gasteiger partial charge in [-0.2, -0.15) is 0 Å². The van der Waals surface area contributed by atoms with Gasteiger partial charge in [0.05, 0.1) is 12.8 Å². The van der Waals surface area contributed by atoms with Crippen molar-refractivity contribution in [1.29, 1.82) is 0 Å². The Hall–Kier alpha value is -1.06. The average molecular weight is 221 g/mol. The molecule has 16 heavy (non-hydrogen) atoms. The molecule has 0 amide bonds. The topological polar surface area (TPSA) is 55.5 Å². The number of fused-ring (bicyclic) bond motifs is 1. The third kappa shape index (κ3) is 1.81. The van der Waals surface area contributed by atoms with Crippen molar-refractivity contribution in [3.05, 3.63) is 29.3 Å². The van der Waals surface area contributed by atoms with E-state index in [9.17, 15) is 5.11 Å². The van der Waals surface area contributed by atoms with Crippen LogP contribution in [0.3, 0.4) is 0 Å². The van der Waals surface area contributed by atoms with Gasteiger partial charge >= 0.3 is 0 Å². The smallest absolute Gasteiger partial charge is 0.115 e. The summed E-state index contributed by atoms with van der Waals surface area (Å²) in [5.41, 5.74) is 7.85. The molecule has 0 fully saturated rings. The monoisotopic (exact) mass is 221 g/mol. The van der Waals surface area contributed by atoms with Crippen molar-refractivity contribution >= 4 is 0 Å². The van der Waals surface area contributed by atoms with Crippen LogP contribution in [-0.4, -0.2) is 17.9 Å². The molecule has 88 valence electrons. The van der Waals surface area contributed by atoms with Gasteiger partial charge in [0.15, 0.2) is 0 Å². The molecule has 3 heteroatoms. The second kappa shape index (κ2) is 4.07. The molecular weight excluding hydrogens is 202 g/mol. The van der Waals surface area contributed by atoms with Gasteiger partial charge in [0, 0.05) is 5.41 Å². The van der Waals surface area contributed by atoms with Crippen LogP contribution in [-0.2, 0) is 16.6 Å². The van der Waals surface area contributed by atoms with Gasteiger partial charge in [-0.15, -0.1) is 0 Å². The van der Waals surface area contributed by atoms with Crippen molar-refractivity contribution in [2.45, 2.75) is 38.2 Å². The minimum Gasteiger partial charge on any atom is -0.508 e. The molecule has 1 unspecified atom stereocenters. The highest BCUT2D eigenvalue weighted by Gasteiger charge is 2.37. The standard InChI is InChI=1S/C13H19NO2/c1-13(2)11-7-10(15)5-3-9(11)4-6-12(13)16-8-14/h3,5,7,12,15H,4,6,8,14H2,1-2H3. The first kappa shape index (κ1) is 11.4. The number of aryl methyl sites for hydroxylation is 1. The molecule has 3 N–H and O–H groups in total. The van der Waals surface area contributed by atoms with Crippen LogP contribution in [0.5, 0.6) is 5.75 Å². The third-order valence-electron chi connectivity index (χ3n) is 3.57. The largest absolute Gasteiger partial charge is 0.508 e. The minimum absolute atomic E-state index is 0.0916. The lowest BCUT2D eigenvalue weighted by Gasteiger charge is -2.40. The summed E-state index contributed by atoms with van der Waals surface area (Å²) in [6, 6.07) is 5.60. The molecule has 1 aromatic carbocycles. The Kier molecular flexibility index (Phi) is 2.91. The van der Waals surface area contributed by atoms with E-state index in [0.29, 0.717) is 5.75 Å². The van der Waals surface area contributed by atoms with E-state index in [1.165, 1.54) is 11.1 Å². The Morgan fingerprint density at radius 3 is 2.94 bits per heavy atom. The predicted octanol–water partition coefficient (Wildman–Crippen LogP) is 1.92. The highest BCUT2D eigenvalue weighted by Crippen LogP contribution is 2.39. The van der Waals surface area contributed by atoms with Crippen LogP contribution < -0.4 is 5.73 Å². The van der Waals surface area contributed by atoms with Crippen molar-refractivity contribution in [2.75, 3.05) is 6.73 Å². The Balaban J connectivity index is 2.40. The zero-order chi connectivity index (χ0) is 11.8. The molecule has 0 spiro atoms. The number of hydrogen-bond donors (Lipinski definition) is 2. The number of ether oxygens (including phenoxy) is 1. The van der Waals surface area contributed by atoms with E-state index in [1.54, 1.807) is 6.07 Å². The molecule has 0 aromatic heterocycles. The molecular formula is C13H19NO2. The summed E-state index contributed by atoms with van der Waals surface area (Å²) in [7, 11) is 0. The lowest BCUT2D eigenvalue weighted by molar-refractivity contribution is -0.000536.